The molecule has 132 valence electrons. The van der Waals surface area contributed by atoms with Crippen molar-refractivity contribution in [1.29, 1.82) is 0 Å². The molecule has 2 fully saturated rings. The van der Waals surface area contributed by atoms with Gasteiger partial charge in [-0.3, -0.25) is 4.90 Å². The van der Waals surface area contributed by atoms with Crippen LogP contribution in [0.3, 0.4) is 0 Å². The predicted octanol–water partition coefficient (Wildman–Crippen LogP) is 1.88. The Morgan fingerprint density at radius 3 is 3.00 bits per heavy atom. The molecule has 5 atom stereocenters. The first kappa shape index (κ1) is 15.4. The zero-order valence-electron chi connectivity index (χ0n) is 14.7. The van der Waals surface area contributed by atoms with Gasteiger partial charge < -0.3 is 15.2 Å². The van der Waals surface area contributed by atoms with Gasteiger partial charge >= 0.3 is 5.97 Å². The van der Waals surface area contributed by atoms with Crippen LogP contribution in [0.1, 0.15) is 25.3 Å². The van der Waals surface area contributed by atoms with E-state index in [0.29, 0.717) is 6.04 Å². The SMILES string of the molecule is COC(=O)C1=C2Nc3ccccc3C23CCN2C[C@H](C(C)O)[C@@H]1C[C@H]23. The number of methoxy groups -OCH3 is 1. The smallest absolute Gasteiger partial charge is 0.335 e. The highest BCUT2D eigenvalue weighted by molar-refractivity contribution is 5.93. The maximum absolute atomic E-state index is 12.8. The Morgan fingerprint density at radius 1 is 1.44 bits per heavy atom. The number of piperidine rings is 1. The summed E-state index contributed by atoms with van der Waals surface area (Å²) in [5.74, 6) is -0.125. The van der Waals surface area contributed by atoms with Crippen molar-refractivity contribution in [2.75, 3.05) is 25.5 Å². The van der Waals surface area contributed by atoms with Crippen LogP contribution in [0.5, 0.6) is 0 Å². The Kier molecular flexibility index (Phi) is 3.13. The number of benzene rings is 1. The number of fused-ring (bicyclic) bond motifs is 2. The molecule has 1 aromatic rings. The number of hydrogen-bond acceptors (Lipinski definition) is 5. The van der Waals surface area contributed by atoms with Gasteiger partial charge in [-0.15, -0.1) is 0 Å². The second-order valence-corrected chi connectivity index (χ2v) is 7.93. The van der Waals surface area contributed by atoms with Crippen LogP contribution in [0.2, 0.25) is 0 Å². The molecule has 3 heterocycles. The van der Waals surface area contributed by atoms with Gasteiger partial charge in [-0.05, 0) is 37.9 Å². The molecule has 1 spiro atoms. The Morgan fingerprint density at radius 2 is 2.24 bits per heavy atom. The monoisotopic (exact) mass is 340 g/mol. The van der Waals surface area contributed by atoms with Gasteiger partial charge in [0.25, 0.3) is 0 Å². The standard InChI is InChI=1S/C20H24N2O3/c1-11(23)13-10-22-8-7-20-14-5-3-4-6-15(14)21-18(20)17(19(24)25-2)12(13)9-16(20)22/h3-6,11-13,16,21,23H,7-10H2,1-2H3/t11?,12-,13+,16-,20?/m0/s1. The summed E-state index contributed by atoms with van der Waals surface area (Å²) in [4.78, 5) is 15.3. The largest absolute Gasteiger partial charge is 0.466 e. The molecule has 2 saturated heterocycles. The minimum Gasteiger partial charge on any atom is -0.466 e. The molecule has 3 aliphatic heterocycles. The number of esters is 1. The van der Waals surface area contributed by atoms with E-state index in [4.69, 9.17) is 4.74 Å². The first-order chi connectivity index (χ1) is 12.1. The summed E-state index contributed by atoms with van der Waals surface area (Å²) in [5, 5.41) is 14.0. The molecule has 0 radical (unpaired) electrons. The zero-order valence-corrected chi connectivity index (χ0v) is 14.7. The normalized spacial score (nSPS) is 36.5. The van der Waals surface area contributed by atoms with E-state index in [-0.39, 0.29) is 23.2 Å². The van der Waals surface area contributed by atoms with Crippen molar-refractivity contribution >= 4 is 11.7 Å². The highest BCUT2D eigenvalue weighted by Crippen LogP contribution is 2.61. The van der Waals surface area contributed by atoms with Crippen molar-refractivity contribution < 1.29 is 14.6 Å². The number of nitrogens with zero attached hydrogens (tertiary/aromatic N) is 1. The Hall–Kier alpha value is -1.85. The molecule has 5 nitrogen and oxygen atoms in total. The summed E-state index contributed by atoms with van der Waals surface area (Å²) < 4.78 is 5.19. The zero-order chi connectivity index (χ0) is 17.3. The lowest BCUT2D eigenvalue weighted by Gasteiger charge is -2.51. The van der Waals surface area contributed by atoms with Crippen LogP contribution in [-0.2, 0) is 14.9 Å². The summed E-state index contributed by atoms with van der Waals surface area (Å²) in [6.07, 6.45) is 1.49. The molecule has 0 amide bonds. The number of carbonyl (C=O) groups excluding carboxylic acids is 1. The van der Waals surface area contributed by atoms with E-state index in [1.165, 1.54) is 12.7 Å². The predicted molar refractivity (Wildman–Crippen MR) is 94.0 cm³/mol. The van der Waals surface area contributed by atoms with Crippen LogP contribution in [0.25, 0.3) is 0 Å². The van der Waals surface area contributed by atoms with Gasteiger partial charge in [-0.2, -0.15) is 0 Å². The van der Waals surface area contributed by atoms with E-state index < -0.39 is 6.10 Å². The maximum atomic E-state index is 12.8. The lowest BCUT2D eigenvalue weighted by atomic mass is 9.60. The third-order valence-corrected chi connectivity index (χ3v) is 7.02. The van der Waals surface area contributed by atoms with Gasteiger partial charge in [0.05, 0.1) is 24.2 Å². The summed E-state index contributed by atoms with van der Waals surface area (Å²) in [6.45, 7) is 3.71. The molecule has 2 N–H and O–H groups in total. The molecular weight excluding hydrogens is 316 g/mol. The Labute approximate surface area is 147 Å². The van der Waals surface area contributed by atoms with Crippen molar-refractivity contribution in [2.45, 2.75) is 37.3 Å². The number of aliphatic hydroxyl groups is 1. The highest BCUT2D eigenvalue weighted by Gasteiger charge is 2.63. The number of rotatable bonds is 2. The van der Waals surface area contributed by atoms with Gasteiger partial charge in [0, 0.05) is 35.8 Å². The Balaban J connectivity index is 1.78. The van der Waals surface area contributed by atoms with Crippen LogP contribution in [-0.4, -0.2) is 48.3 Å². The first-order valence-electron chi connectivity index (χ1n) is 9.19. The molecule has 4 aliphatic rings. The molecular formula is C20H24N2O3. The number of carbonyl (C=O) groups is 1. The average Bonchev–Trinajstić information content (AvgIpc) is 3.17. The van der Waals surface area contributed by atoms with E-state index in [1.807, 2.05) is 13.0 Å². The topological polar surface area (TPSA) is 61.8 Å². The van der Waals surface area contributed by atoms with Crippen LogP contribution in [0, 0.1) is 11.8 Å². The van der Waals surface area contributed by atoms with Crippen molar-refractivity contribution in [3.05, 3.63) is 41.1 Å². The molecule has 0 saturated carbocycles. The first-order valence-corrected chi connectivity index (χ1v) is 9.19. The van der Waals surface area contributed by atoms with E-state index >= 15 is 0 Å². The number of hydrogen-bond donors (Lipinski definition) is 2. The van der Waals surface area contributed by atoms with E-state index in [1.54, 1.807) is 0 Å². The van der Waals surface area contributed by atoms with Crippen molar-refractivity contribution in [2.24, 2.45) is 11.8 Å². The molecule has 1 aromatic carbocycles. The molecule has 25 heavy (non-hydrogen) atoms. The van der Waals surface area contributed by atoms with Gasteiger partial charge in [0.2, 0.25) is 0 Å². The number of para-hydroxylation sites is 1. The number of nitrogens with one attached hydrogen (secondary N) is 1. The maximum Gasteiger partial charge on any atom is 0.335 e. The van der Waals surface area contributed by atoms with Gasteiger partial charge in [-0.25, -0.2) is 4.79 Å². The number of aliphatic hydroxyl groups excluding tert-OH is 1. The van der Waals surface area contributed by atoms with Crippen molar-refractivity contribution in [3.63, 3.8) is 0 Å². The fourth-order valence-electron chi connectivity index (χ4n) is 5.98. The second kappa shape index (κ2) is 5.08. The van der Waals surface area contributed by atoms with Gasteiger partial charge in [0.1, 0.15) is 0 Å². The van der Waals surface area contributed by atoms with E-state index in [2.05, 4.69) is 28.4 Å². The number of ether oxygens (including phenoxy) is 1. The summed E-state index contributed by atoms with van der Waals surface area (Å²) in [6, 6.07) is 8.83. The van der Waals surface area contributed by atoms with Crippen molar-refractivity contribution in [1.82, 2.24) is 4.90 Å². The lowest BCUT2D eigenvalue weighted by Crippen LogP contribution is -2.57. The van der Waals surface area contributed by atoms with E-state index in [0.717, 1.165) is 42.9 Å². The lowest BCUT2D eigenvalue weighted by molar-refractivity contribution is -0.138. The van der Waals surface area contributed by atoms with Crippen LogP contribution < -0.4 is 5.32 Å². The summed E-state index contributed by atoms with van der Waals surface area (Å²) in [7, 11) is 1.46. The van der Waals surface area contributed by atoms with Crippen LogP contribution >= 0.6 is 0 Å². The highest BCUT2D eigenvalue weighted by atomic mass is 16.5. The summed E-state index contributed by atoms with van der Waals surface area (Å²) in [5.41, 5.74) is 4.10. The van der Waals surface area contributed by atoms with Gasteiger partial charge in [0.15, 0.2) is 0 Å². The Bertz CT molecular complexity index is 787. The fourth-order valence-corrected chi connectivity index (χ4v) is 5.98. The minimum absolute atomic E-state index is 0.0525. The molecule has 2 bridgehead atoms. The van der Waals surface area contributed by atoms with E-state index in [9.17, 15) is 9.90 Å². The van der Waals surface area contributed by atoms with Crippen LogP contribution in [0.4, 0.5) is 5.69 Å². The molecule has 0 aromatic heterocycles. The average molecular weight is 340 g/mol. The third-order valence-electron chi connectivity index (χ3n) is 7.02. The van der Waals surface area contributed by atoms with Crippen molar-refractivity contribution in [3.8, 4) is 0 Å². The second-order valence-electron chi connectivity index (χ2n) is 7.93. The third kappa shape index (κ3) is 1.78. The molecule has 5 rings (SSSR count). The molecule has 2 unspecified atom stereocenters. The minimum atomic E-state index is -0.442. The van der Waals surface area contributed by atoms with Gasteiger partial charge in [-0.1, -0.05) is 18.2 Å². The fraction of sp³-hybridized carbons (Fsp3) is 0.550. The van der Waals surface area contributed by atoms with Crippen LogP contribution in [0.15, 0.2) is 35.5 Å². The molecule has 1 aliphatic carbocycles. The summed E-state index contributed by atoms with van der Waals surface area (Å²) >= 11 is 0. The quantitative estimate of drug-likeness (QED) is 0.805. The number of anilines is 1. The molecule has 5 heteroatoms.